The first kappa shape index (κ1) is 27.8. The second-order valence-corrected chi connectivity index (χ2v) is 13.5. The first-order chi connectivity index (χ1) is 22.0. The second kappa shape index (κ2) is 11.4. The maximum absolute atomic E-state index is 5.00. The van der Waals surface area contributed by atoms with Gasteiger partial charge in [-0.3, -0.25) is 0 Å². The number of fused-ring (bicyclic) bond motifs is 1. The Morgan fingerprint density at radius 1 is 0.533 bits per heavy atom. The van der Waals surface area contributed by atoms with Crippen LogP contribution >= 0.6 is 15.9 Å². The van der Waals surface area contributed by atoms with Crippen LogP contribution in [0, 0.1) is 5.92 Å². The minimum Gasteiger partial charge on any atom is -0.208 e. The molecule has 0 amide bonds. The summed E-state index contributed by atoms with van der Waals surface area (Å²) in [7, 11) is 0. The highest BCUT2D eigenvalue weighted by Gasteiger charge is 2.45. The summed E-state index contributed by atoms with van der Waals surface area (Å²) in [6.07, 6.45) is 3.52. The molecular formula is C41H32BrN3. The minimum atomic E-state index is 0.142. The molecule has 0 saturated heterocycles. The molecule has 8 rings (SSSR count). The topological polar surface area (TPSA) is 38.7 Å². The summed E-state index contributed by atoms with van der Waals surface area (Å²) in [4.78, 5) is 14.9. The number of hydrogen-bond acceptors (Lipinski definition) is 3. The molecule has 2 aliphatic carbocycles. The van der Waals surface area contributed by atoms with Gasteiger partial charge in [-0.05, 0) is 70.6 Å². The van der Waals surface area contributed by atoms with E-state index in [-0.39, 0.29) is 5.41 Å². The highest BCUT2D eigenvalue weighted by Crippen LogP contribution is 2.58. The van der Waals surface area contributed by atoms with E-state index in [1.807, 2.05) is 24.3 Å². The fraction of sp³-hybridized carbons (Fsp3) is 0.146. The minimum absolute atomic E-state index is 0.142. The Balaban J connectivity index is 1.13. The van der Waals surface area contributed by atoms with Crippen LogP contribution in [0.4, 0.5) is 0 Å². The molecule has 1 saturated carbocycles. The van der Waals surface area contributed by atoms with E-state index < -0.39 is 0 Å². The standard InChI is InChI=1S/C41H32BrN3/c1-41(34-20-22-35(42)23-21-34)25-33-24-36(33)37(26-41)29-14-18-32(19-15-29)40-44-38(30-10-6-3-7-11-30)43-39(45-40)31-16-12-28(13-17-31)27-8-4-2-5-9-27/h2-23,33H,24-26H2,1H3. The molecule has 5 aromatic carbocycles. The Hall–Kier alpha value is -4.67. The highest BCUT2D eigenvalue weighted by molar-refractivity contribution is 9.10. The normalized spacial score (nSPS) is 18.8. The summed E-state index contributed by atoms with van der Waals surface area (Å²) >= 11 is 3.61. The van der Waals surface area contributed by atoms with Gasteiger partial charge in [0.2, 0.25) is 0 Å². The van der Waals surface area contributed by atoms with Gasteiger partial charge in [0.15, 0.2) is 17.5 Å². The number of aromatic nitrogens is 3. The Bertz CT molecular complexity index is 2020. The number of rotatable bonds is 6. The fourth-order valence-electron chi connectivity index (χ4n) is 6.86. The van der Waals surface area contributed by atoms with Crippen LogP contribution in [0.2, 0.25) is 0 Å². The summed E-state index contributed by atoms with van der Waals surface area (Å²) in [6, 6.07) is 46.9. The lowest BCUT2D eigenvalue weighted by molar-refractivity contribution is 0.413. The molecule has 1 heterocycles. The maximum atomic E-state index is 5.00. The molecule has 218 valence electrons. The zero-order chi connectivity index (χ0) is 30.4. The van der Waals surface area contributed by atoms with Crippen LogP contribution < -0.4 is 0 Å². The third kappa shape index (κ3) is 5.55. The third-order valence-corrected chi connectivity index (χ3v) is 9.93. The van der Waals surface area contributed by atoms with Crippen LogP contribution in [-0.2, 0) is 5.41 Å². The van der Waals surface area contributed by atoms with Crippen molar-refractivity contribution in [1.29, 1.82) is 0 Å². The molecule has 0 aliphatic heterocycles. The lowest BCUT2D eigenvalue weighted by atomic mass is 9.70. The molecule has 6 aromatic rings. The van der Waals surface area contributed by atoms with Gasteiger partial charge in [0.05, 0.1) is 0 Å². The monoisotopic (exact) mass is 645 g/mol. The van der Waals surface area contributed by atoms with Crippen LogP contribution in [0.1, 0.15) is 37.3 Å². The predicted molar refractivity (Wildman–Crippen MR) is 187 cm³/mol. The molecule has 3 nitrogen and oxygen atoms in total. The number of allylic oxidation sites excluding steroid dienone is 2. The van der Waals surface area contributed by atoms with Gasteiger partial charge in [0.1, 0.15) is 0 Å². The molecule has 0 bridgehead atoms. The van der Waals surface area contributed by atoms with E-state index in [1.54, 1.807) is 5.57 Å². The van der Waals surface area contributed by atoms with Gasteiger partial charge in [0.25, 0.3) is 0 Å². The first-order valence-corrected chi connectivity index (χ1v) is 16.4. The quantitative estimate of drug-likeness (QED) is 0.181. The molecule has 4 heteroatoms. The highest BCUT2D eigenvalue weighted by atomic mass is 79.9. The van der Waals surface area contributed by atoms with E-state index in [9.17, 15) is 0 Å². The zero-order valence-corrected chi connectivity index (χ0v) is 26.7. The van der Waals surface area contributed by atoms with Crippen LogP contribution in [0.15, 0.2) is 144 Å². The lowest BCUT2D eigenvalue weighted by Gasteiger charge is -2.34. The van der Waals surface area contributed by atoms with Crippen LogP contribution in [-0.4, -0.2) is 15.0 Å². The second-order valence-electron chi connectivity index (χ2n) is 12.5. The van der Waals surface area contributed by atoms with Gasteiger partial charge in [0, 0.05) is 21.2 Å². The Kier molecular flexibility index (Phi) is 7.03. The molecule has 0 N–H and O–H groups in total. The van der Waals surface area contributed by atoms with E-state index >= 15 is 0 Å². The molecule has 2 atom stereocenters. The molecule has 1 fully saturated rings. The average molecular weight is 647 g/mol. The first-order valence-electron chi connectivity index (χ1n) is 15.6. The summed E-state index contributed by atoms with van der Waals surface area (Å²) in [5.41, 5.74) is 11.3. The smallest absolute Gasteiger partial charge is 0.164 e. The Labute approximate surface area is 272 Å². The van der Waals surface area contributed by atoms with Crippen LogP contribution in [0.25, 0.3) is 50.9 Å². The summed E-state index contributed by atoms with van der Waals surface area (Å²) in [5.74, 6) is 2.73. The van der Waals surface area contributed by atoms with Crippen molar-refractivity contribution in [3.63, 3.8) is 0 Å². The largest absolute Gasteiger partial charge is 0.208 e. The van der Waals surface area contributed by atoms with Crippen molar-refractivity contribution in [1.82, 2.24) is 15.0 Å². The molecule has 1 aromatic heterocycles. The van der Waals surface area contributed by atoms with Crippen molar-refractivity contribution < 1.29 is 0 Å². The van der Waals surface area contributed by atoms with E-state index in [0.717, 1.165) is 27.6 Å². The maximum Gasteiger partial charge on any atom is 0.164 e. The summed E-state index contributed by atoms with van der Waals surface area (Å²) < 4.78 is 1.13. The van der Waals surface area contributed by atoms with Crippen molar-refractivity contribution in [2.45, 2.75) is 31.6 Å². The van der Waals surface area contributed by atoms with Gasteiger partial charge in [-0.15, -0.1) is 0 Å². The van der Waals surface area contributed by atoms with Gasteiger partial charge < -0.3 is 0 Å². The predicted octanol–water partition coefficient (Wildman–Crippen LogP) is 10.8. The zero-order valence-electron chi connectivity index (χ0n) is 25.1. The van der Waals surface area contributed by atoms with Crippen molar-refractivity contribution in [3.05, 3.63) is 155 Å². The molecule has 45 heavy (non-hydrogen) atoms. The van der Waals surface area contributed by atoms with Crippen molar-refractivity contribution in [2.24, 2.45) is 5.92 Å². The van der Waals surface area contributed by atoms with Crippen molar-refractivity contribution >= 4 is 21.5 Å². The van der Waals surface area contributed by atoms with E-state index in [1.165, 1.54) is 40.7 Å². The third-order valence-electron chi connectivity index (χ3n) is 9.40. The number of halogens is 1. The Morgan fingerprint density at radius 2 is 0.978 bits per heavy atom. The van der Waals surface area contributed by atoms with Crippen LogP contribution in [0.5, 0.6) is 0 Å². The van der Waals surface area contributed by atoms with Crippen molar-refractivity contribution in [2.75, 3.05) is 0 Å². The fourth-order valence-corrected chi connectivity index (χ4v) is 7.13. The number of nitrogens with zero attached hydrogens (tertiary/aromatic N) is 3. The summed E-state index contributed by atoms with van der Waals surface area (Å²) in [5, 5.41) is 0. The molecule has 0 spiro atoms. The van der Waals surface area contributed by atoms with Gasteiger partial charge >= 0.3 is 0 Å². The van der Waals surface area contributed by atoms with Gasteiger partial charge in [-0.2, -0.15) is 0 Å². The molecule has 2 unspecified atom stereocenters. The van der Waals surface area contributed by atoms with Gasteiger partial charge in [-0.25, -0.2) is 15.0 Å². The summed E-state index contributed by atoms with van der Waals surface area (Å²) in [6.45, 7) is 2.43. The number of benzene rings is 5. The average Bonchev–Trinajstić information content (AvgIpc) is 3.88. The molecule has 2 aliphatic rings. The van der Waals surface area contributed by atoms with Crippen LogP contribution in [0.3, 0.4) is 0 Å². The Morgan fingerprint density at radius 3 is 1.53 bits per heavy atom. The van der Waals surface area contributed by atoms with E-state index in [0.29, 0.717) is 23.4 Å². The SMILES string of the molecule is CC1(c2ccc(Br)cc2)CC(c2ccc(-c3nc(-c4ccccc4)nc(-c4ccc(-c5ccccc5)cc4)n3)cc2)=C2CC2C1. The molecule has 0 radical (unpaired) electrons. The molecular weight excluding hydrogens is 614 g/mol. The van der Waals surface area contributed by atoms with Gasteiger partial charge in [-0.1, -0.05) is 150 Å². The van der Waals surface area contributed by atoms with E-state index in [2.05, 4.69) is 132 Å². The lowest BCUT2D eigenvalue weighted by Crippen LogP contribution is -2.25. The van der Waals surface area contributed by atoms with E-state index in [4.69, 9.17) is 15.0 Å². The van der Waals surface area contributed by atoms with Crippen molar-refractivity contribution in [3.8, 4) is 45.3 Å². The number of hydrogen-bond donors (Lipinski definition) is 0.